The molecule has 25 heavy (non-hydrogen) atoms. The maximum atomic E-state index is 12.2. The summed E-state index contributed by atoms with van der Waals surface area (Å²) in [5.41, 5.74) is 0.933. The topological polar surface area (TPSA) is 73.9 Å². The summed E-state index contributed by atoms with van der Waals surface area (Å²) in [7, 11) is -3.37. The van der Waals surface area contributed by atoms with Crippen molar-refractivity contribution in [1.82, 2.24) is 4.72 Å². The molecule has 0 bridgehead atoms. The van der Waals surface area contributed by atoms with Crippen molar-refractivity contribution in [1.29, 1.82) is 0 Å². The molecule has 0 radical (unpaired) electrons. The molecule has 7 heteroatoms. The number of rotatable bonds is 8. The van der Waals surface area contributed by atoms with E-state index in [0.717, 1.165) is 5.56 Å². The lowest BCUT2D eigenvalue weighted by Gasteiger charge is -2.14. The van der Waals surface area contributed by atoms with Crippen molar-refractivity contribution < 1.29 is 22.6 Å². The lowest BCUT2D eigenvalue weighted by Crippen LogP contribution is -2.29. The zero-order chi connectivity index (χ0) is 17.7. The number of ether oxygens (including phenoxy) is 3. The van der Waals surface area contributed by atoms with E-state index in [0.29, 0.717) is 30.3 Å². The minimum absolute atomic E-state index is 0.00866. The highest BCUT2D eigenvalue weighted by Crippen LogP contribution is 2.35. The molecule has 0 saturated carbocycles. The normalized spacial score (nSPS) is 14.3. The van der Waals surface area contributed by atoms with Crippen LogP contribution in [0.3, 0.4) is 0 Å². The largest absolute Gasteiger partial charge is 0.493 e. The van der Waals surface area contributed by atoms with E-state index in [-0.39, 0.29) is 18.6 Å². The number of benzene rings is 2. The summed E-state index contributed by atoms with van der Waals surface area (Å²) < 4.78 is 43.1. The van der Waals surface area contributed by atoms with E-state index in [1.165, 1.54) is 0 Å². The van der Waals surface area contributed by atoms with E-state index < -0.39 is 10.0 Å². The van der Waals surface area contributed by atoms with Crippen molar-refractivity contribution in [3.05, 3.63) is 54.1 Å². The van der Waals surface area contributed by atoms with Crippen LogP contribution in [0.25, 0.3) is 0 Å². The first kappa shape index (κ1) is 17.6. The van der Waals surface area contributed by atoms with Crippen LogP contribution in [0.4, 0.5) is 0 Å². The maximum absolute atomic E-state index is 12.2. The third kappa shape index (κ3) is 4.87. The number of hydrogen-bond donors (Lipinski definition) is 1. The predicted molar refractivity (Wildman–Crippen MR) is 94.5 cm³/mol. The first-order valence-corrected chi connectivity index (χ1v) is 9.76. The Kier molecular flexibility index (Phi) is 5.45. The zero-order valence-corrected chi connectivity index (χ0v) is 14.8. The van der Waals surface area contributed by atoms with Crippen LogP contribution in [0, 0.1) is 0 Å². The summed E-state index contributed by atoms with van der Waals surface area (Å²) in [5, 5.41) is 0. The zero-order valence-electron chi connectivity index (χ0n) is 14.0. The molecule has 1 N–H and O–H groups in total. The van der Waals surface area contributed by atoms with Crippen LogP contribution in [0.2, 0.25) is 0 Å². The van der Waals surface area contributed by atoms with Gasteiger partial charge in [0.2, 0.25) is 16.8 Å². The Morgan fingerprint density at radius 2 is 1.88 bits per heavy atom. The van der Waals surface area contributed by atoms with Gasteiger partial charge in [-0.25, -0.2) is 13.1 Å². The molecular weight excluding hydrogens is 342 g/mol. The van der Waals surface area contributed by atoms with Crippen molar-refractivity contribution in [3.63, 3.8) is 0 Å². The Labute approximate surface area is 147 Å². The molecule has 1 atom stereocenters. The minimum atomic E-state index is -3.37. The van der Waals surface area contributed by atoms with Gasteiger partial charge in [0.1, 0.15) is 5.75 Å². The van der Waals surface area contributed by atoms with Crippen molar-refractivity contribution in [2.24, 2.45) is 0 Å². The second-order valence-electron chi connectivity index (χ2n) is 5.79. The molecule has 0 aromatic heterocycles. The fourth-order valence-electron chi connectivity index (χ4n) is 2.54. The quantitative estimate of drug-likeness (QED) is 0.730. The van der Waals surface area contributed by atoms with Crippen molar-refractivity contribution in [2.75, 3.05) is 19.2 Å². The number of nitrogens with one attached hydrogen (secondary N) is 1. The first-order chi connectivity index (χ1) is 12.0. The van der Waals surface area contributed by atoms with Crippen LogP contribution in [-0.2, 0) is 10.0 Å². The van der Waals surface area contributed by atoms with E-state index in [1.54, 1.807) is 18.2 Å². The summed E-state index contributed by atoms with van der Waals surface area (Å²) in [5.74, 6) is 1.97. The molecule has 134 valence electrons. The van der Waals surface area contributed by atoms with Crippen LogP contribution >= 0.6 is 0 Å². The fourth-order valence-corrected chi connectivity index (χ4v) is 3.83. The van der Waals surface area contributed by atoms with E-state index in [9.17, 15) is 8.42 Å². The monoisotopic (exact) mass is 363 g/mol. The molecule has 0 saturated heterocycles. The van der Waals surface area contributed by atoms with Crippen LogP contribution in [-0.4, -0.2) is 27.6 Å². The molecule has 2 aromatic rings. The molecule has 6 nitrogen and oxygen atoms in total. The van der Waals surface area contributed by atoms with Gasteiger partial charge in [0.05, 0.1) is 12.4 Å². The van der Waals surface area contributed by atoms with Gasteiger partial charge in [0, 0.05) is 12.1 Å². The van der Waals surface area contributed by atoms with Crippen molar-refractivity contribution in [3.8, 4) is 17.2 Å². The van der Waals surface area contributed by atoms with Crippen molar-refractivity contribution in [2.45, 2.75) is 19.4 Å². The van der Waals surface area contributed by atoms with Gasteiger partial charge in [-0.05, 0) is 31.0 Å². The standard InChI is InChI=1S/C18H21NO5S/c1-14(15-6-3-2-4-7-15)19-25(20,21)11-5-10-22-16-8-9-17-18(12-16)24-13-23-17/h2-4,6-9,12,14,19H,5,10-11,13H2,1H3/t14-/m1/s1. The van der Waals surface area contributed by atoms with Crippen LogP contribution < -0.4 is 18.9 Å². The van der Waals surface area contributed by atoms with Gasteiger partial charge in [-0.2, -0.15) is 0 Å². The van der Waals surface area contributed by atoms with E-state index in [2.05, 4.69) is 4.72 Å². The van der Waals surface area contributed by atoms with Crippen LogP contribution in [0.15, 0.2) is 48.5 Å². The lowest BCUT2D eigenvalue weighted by molar-refractivity contribution is 0.173. The summed E-state index contributed by atoms with van der Waals surface area (Å²) >= 11 is 0. The third-order valence-electron chi connectivity index (χ3n) is 3.83. The molecule has 1 heterocycles. The molecule has 1 aliphatic heterocycles. The molecule has 1 aliphatic rings. The average molecular weight is 363 g/mol. The molecule has 0 fully saturated rings. The Morgan fingerprint density at radius 1 is 1.12 bits per heavy atom. The second-order valence-corrected chi connectivity index (χ2v) is 7.66. The van der Waals surface area contributed by atoms with Crippen molar-refractivity contribution >= 4 is 10.0 Å². The van der Waals surface area contributed by atoms with Gasteiger partial charge in [-0.15, -0.1) is 0 Å². The van der Waals surface area contributed by atoms with Gasteiger partial charge in [0.25, 0.3) is 0 Å². The Bertz CT molecular complexity index is 807. The number of hydrogen-bond acceptors (Lipinski definition) is 5. The maximum Gasteiger partial charge on any atom is 0.231 e. The van der Waals surface area contributed by atoms with Gasteiger partial charge < -0.3 is 14.2 Å². The van der Waals surface area contributed by atoms with Gasteiger partial charge in [-0.3, -0.25) is 0 Å². The fraction of sp³-hybridized carbons (Fsp3) is 0.333. The molecule has 0 aliphatic carbocycles. The Morgan fingerprint density at radius 3 is 2.68 bits per heavy atom. The SMILES string of the molecule is C[C@@H](NS(=O)(=O)CCCOc1ccc2c(c1)OCO2)c1ccccc1. The van der Waals surface area contributed by atoms with Crippen LogP contribution in [0.5, 0.6) is 17.2 Å². The Balaban J connectivity index is 1.45. The summed E-state index contributed by atoms with van der Waals surface area (Å²) in [6.45, 7) is 2.35. The highest BCUT2D eigenvalue weighted by atomic mass is 32.2. The molecule has 0 amide bonds. The van der Waals surface area contributed by atoms with Gasteiger partial charge in [-0.1, -0.05) is 30.3 Å². The summed E-state index contributed by atoms with van der Waals surface area (Å²) in [4.78, 5) is 0. The first-order valence-electron chi connectivity index (χ1n) is 8.11. The van der Waals surface area contributed by atoms with E-state index in [1.807, 2.05) is 37.3 Å². The number of fused-ring (bicyclic) bond motifs is 1. The predicted octanol–water partition coefficient (Wildman–Crippen LogP) is 2.86. The second kappa shape index (κ2) is 7.76. The van der Waals surface area contributed by atoms with Crippen LogP contribution in [0.1, 0.15) is 24.9 Å². The number of sulfonamides is 1. The highest BCUT2D eigenvalue weighted by molar-refractivity contribution is 7.89. The Hall–Kier alpha value is -2.25. The van der Waals surface area contributed by atoms with Gasteiger partial charge in [0.15, 0.2) is 11.5 Å². The summed E-state index contributed by atoms with van der Waals surface area (Å²) in [6.07, 6.45) is 0.394. The molecule has 3 rings (SSSR count). The minimum Gasteiger partial charge on any atom is -0.493 e. The van der Waals surface area contributed by atoms with Gasteiger partial charge >= 0.3 is 0 Å². The molecule has 2 aromatic carbocycles. The molecular formula is C18H21NO5S. The molecule has 0 unspecified atom stereocenters. The highest BCUT2D eigenvalue weighted by Gasteiger charge is 2.16. The molecule has 0 spiro atoms. The van der Waals surface area contributed by atoms with E-state index >= 15 is 0 Å². The lowest BCUT2D eigenvalue weighted by atomic mass is 10.1. The summed E-state index contributed by atoms with van der Waals surface area (Å²) in [6, 6.07) is 14.5. The van der Waals surface area contributed by atoms with E-state index in [4.69, 9.17) is 14.2 Å². The average Bonchev–Trinajstić information content (AvgIpc) is 3.07. The smallest absolute Gasteiger partial charge is 0.231 e. The third-order valence-corrected chi connectivity index (χ3v) is 5.36.